The average molecular weight is 1200 g/mol. The van der Waals surface area contributed by atoms with E-state index in [-0.39, 0.29) is 25.9 Å². The third kappa shape index (κ3) is 50.0. The number of rotatable bonds is 61. The lowest BCUT2D eigenvalue weighted by atomic mass is 9.98. The zero-order valence-corrected chi connectivity index (χ0v) is 54.6. The number of carbonyl (C=O) groups is 4. The maximum Gasteiger partial charge on any atom is 0.335 e. The minimum absolute atomic E-state index is 0.0626. The maximum atomic E-state index is 13.2. The molecule has 0 radical (unpaired) electrons. The number of hydrogen-bond donors (Lipinski definition) is 3. The Morgan fingerprint density at radius 2 is 0.741 bits per heavy atom. The van der Waals surface area contributed by atoms with Crippen LogP contribution in [0.4, 0.5) is 0 Å². The second-order valence-electron chi connectivity index (χ2n) is 24.1. The van der Waals surface area contributed by atoms with Gasteiger partial charge in [-0.05, 0) is 83.5 Å². The minimum atomic E-state index is -1.91. The van der Waals surface area contributed by atoms with Gasteiger partial charge in [0.25, 0.3) is 0 Å². The zero-order chi connectivity index (χ0) is 61.7. The molecule has 0 amide bonds. The minimum Gasteiger partial charge on any atom is -0.479 e. The van der Waals surface area contributed by atoms with E-state index >= 15 is 0 Å². The number of carboxylic acid groups (broad SMARTS) is 1. The summed E-state index contributed by atoms with van der Waals surface area (Å²) in [5.41, 5.74) is 0. The average Bonchev–Trinajstić information content (AvgIpc) is 3.51. The van der Waals surface area contributed by atoms with Crippen molar-refractivity contribution >= 4 is 23.9 Å². The van der Waals surface area contributed by atoms with Crippen LogP contribution >= 0.6 is 0 Å². The van der Waals surface area contributed by atoms with Crippen molar-refractivity contribution in [2.24, 2.45) is 0 Å². The molecule has 0 bridgehead atoms. The number of aliphatic carboxylic acids is 1. The van der Waals surface area contributed by atoms with Gasteiger partial charge < -0.3 is 39.0 Å². The Balaban J connectivity index is 2.63. The summed E-state index contributed by atoms with van der Waals surface area (Å²) in [5.74, 6) is -3.11. The summed E-state index contributed by atoms with van der Waals surface area (Å²) in [6.45, 7) is 5.93. The van der Waals surface area contributed by atoms with Gasteiger partial charge in [0.05, 0.1) is 6.61 Å². The predicted molar refractivity (Wildman–Crippen MR) is 349 cm³/mol. The smallest absolute Gasteiger partial charge is 0.335 e. The topological polar surface area (TPSA) is 175 Å². The van der Waals surface area contributed by atoms with Crippen LogP contribution in [-0.4, -0.2) is 89.2 Å². The molecule has 85 heavy (non-hydrogen) atoms. The lowest BCUT2D eigenvalue weighted by molar-refractivity contribution is -0.301. The Hall–Kier alpha value is -3.58. The van der Waals surface area contributed by atoms with Crippen molar-refractivity contribution in [1.29, 1.82) is 0 Å². The van der Waals surface area contributed by atoms with E-state index in [2.05, 4.69) is 81.5 Å². The van der Waals surface area contributed by atoms with E-state index in [1.807, 2.05) is 0 Å². The van der Waals surface area contributed by atoms with Crippen molar-refractivity contribution < 1.29 is 58.2 Å². The molecule has 12 heteroatoms. The Morgan fingerprint density at radius 1 is 0.400 bits per heavy atom. The van der Waals surface area contributed by atoms with Gasteiger partial charge in [0.1, 0.15) is 18.8 Å². The molecule has 1 aliphatic heterocycles. The Bertz CT molecular complexity index is 1710. The highest BCUT2D eigenvalue weighted by molar-refractivity contribution is 5.74. The number of esters is 3. The van der Waals surface area contributed by atoms with Gasteiger partial charge >= 0.3 is 23.9 Å². The molecule has 1 rings (SSSR count). The molecule has 0 aromatic carbocycles. The van der Waals surface area contributed by atoms with Crippen molar-refractivity contribution in [1.82, 2.24) is 0 Å². The monoisotopic (exact) mass is 1200 g/mol. The first kappa shape index (κ1) is 79.4. The summed E-state index contributed by atoms with van der Waals surface area (Å²) >= 11 is 0. The first-order valence-corrected chi connectivity index (χ1v) is 35.3. The van der Waals surface area contributed by atoms with Gasteiger partial charge in [-0.25, -0.2) is 4.79 Å². The van der Waals surface area contributed by atoms with Gasteiger partial charge in [0.2, 0.25) is 0 Å². The first-order chi connectivity index (χ1) is 41.6. The third-order valence-corrected chi connectivity index (χ3v) is 16.1. The van der Waals surface area contributed by atoms with Crippen molar-refractivity contribution in [3.05, 3.63) is 60.8 Å². The molecule has 492 valence electrons. The van der Waals surface area contributed by atoms with Crippen LogP contribution in [0.1, 0.15) is 329 Å². The highest BCUT2D eigenvalue weighted by atomic mass is 16.7. The molecule has 1 heterocycles. The van der Waals surface area contributed by atoms with Gasteiger partial charge in [0.15, 0.2) is 24.6 Å². The number of unbranched alkanes of at least 4 members (excludes halogenated alkanes) is 37. The largest absolute Gasteiger partial charge is 0.479 e. The summed E-state index contributed by atoms with van der Waals surface area (Å²) < 4.78 is 28.6. The summed E-state index contributed by atoms with van der Waals surface area (Å²) in [5, 5.41) is 31.7. The quantitative estimate of drug-likeness (QED) is 0.0228. The molecule has 0 spiro atoms. The fourth-order valence-electron chi connectivity index (χ4n) is 10.7. The number of ether oxygens (including phenoxy) is 5. The van der Waals surface area contributed by atoms with Crippen LogP contribution < -0.4 is 0 Å². The summed E-state index contributed by atoms with van der Waals surface area (Å²) in [6.07, 6.45) is 64.6. The molecule has 3 N–H and O–H groups in total. The van der Waals surface area contributed by atoms with Crippen molar-refractivity contribution in [3.63, 3.8) is 0 Å². The summed E-state index contributed by atoms with van der Waals surface area (Å²) in [7, 11) is 0. The van der Waals surface area contributed by atoms with E-state index in [0.717, 1.165) is 122 Å². The highest BCUT2D eigenvalue weighted by Crippen LogP contribution is 2.27. The SMILES string of the molecule is CC/C=C\C/C=C\C/C=C\C/C=C\CCCCCCCCC(=O)OCC(COC1OC(C(=O)O)C(O)C(O)C1OC(=O)CCCCCCCCCCCCCCCCCCCCC)OC(=O)CCCCCCCCC/C=C\CCCCCCCC. The molecular formula is C73H128O12. The van der Waals surface area contributed by atoms with Gasteiger partial charge in [-0.15, -0.1) is 0 Å². The van der Waals surface area contributed by atoms with Crippen LogP contribution in [0.3, 0.4) is 0 Å². The summed E-state index contributed by atoms with van der Waals surface area (Å²) in [6, 6.07) is 0. The third-order valence-electron chi connectivity index (χ3n) is 16.1. The number of aliphatic hydroxyl groups excluding tert-OH is 2. The zero-order valence-electron chi connectivity index (χ0n) is 54.6. The van der Waals surface area contributed by atoms with Gasteiger partial charge in [-0.2, -0.15) is 0 Å². The lowest BCUT2D eigenvalue weighted by Crippen LogP contribution is -2.61. The maximum absolute atomic E-state index is 13.2. The van der Waals surface area contributed by atoms with Gasteiger partial charge in [-0.3, -0.25) is 14.4 Å². The Labute approximate surface area is 519 Å². The number of hydrogen-bond acceptors (Lipinski definition) is 11. The van der Waals surface area contributed by atoms with Crippen molar-refractivity contribution in [2.75, 3.05) is 13.2 Å². The van der Waals surface area contributed by atoms with E-state index < -0.39 is 67.3 Å². The first-order valence-electron chi connectivity index (χ1n) is 35.3. The van der Waals surface area contributed by atoms with E-state index in [1.54, 1.807) is 0 Å². The van der Waals surface area contributed by atoms with Crippen LogP contribution in [-0.2, 0) is 42.9 Å². The van der Waals surface area contributed by atoms with Crippen molar-refractivity contribution in [3.8, 4) is 0 Å². The molecule has 6 unspecified atom stereocenters. The number of aliphatic hydroxyl groups is 2. The van der Waals surface area contributed by atoms with Crippen LogP contribution in [0, 0.1) is 0 Å². The number of carboxylic acids is 1. The molecular weight excluding hydrogens is 1070 g/mol. The van der Waals surface area contributed by atoms with Crippen molar-refractivity contribution in [2.45, 2.75) is 366 Å². The molecule has 1 aliphatic rings. The standard InChI is InChI=1S/C73H128O12/c1-4-7-10-13-16-19-22-25-28-31-33-36-38-41-44-47-50-53-56-59-65(74)81-62-64(83-66(75)60-57-54-51-48-45-42-39-35-30-27-24-21-18-15-12-9-6-3)63-82-73-71(69(78)68(77)70(85-73)72(79)80)84-67(76)61-58-55-52-49-46-43-40-37-34-32-29-26-23-20-17-14-11-8-5-2/h7,10,16,19,25,27-28,30,33,36,64,68-71,73,77-78H,4-6,8-9,11-15,17-18,20-24,26,29,31-32,34-35,37-63H2,1-3H3,(H,79,80)/b10-7-,19-16-,28-25-,30-27-,36-33-. The predicted octanol–water partition coefficient (Wildman–Crippen LogP) is 19.5. The Kier molecular flexibility index (Phi) is 56.7. The molecule has 12 nitrogen and oxygen atoms in total. The molecule has 0 aliphatic carbocycles. The van der Waals surface area contributed by atoms with Crippen LogP contribution in [0.5, 0.6) is 0 Å². The van der Waals surface area contributed by atoms with E-state index in [9.17, 15) is 34.5 Å². The van der Waals surface area contributed by atoms with Gasteiger partial charge in [0, 0.05) is 19.3 Å². The normalized spacial score (nSPS) is 17.8. The molecule has 1 fully saturated rings. The van der Waals surface area contributed by atoms with Crippen LogP contribution in [0.2, 0.25) is 0 Å². The summed E-state index contributed by atoms with van der Waals surface area (Å²) in [4.78, 5) is 51.5. The number of allylic oxidation sites excluding steroid dienone is 10. The lowest BCUT2D eigenvalue weighted by Gasteiger charge is -2.40. The highest BCUT2D eigenvalue weighted by Gasteiger charge is 2.50. The second kappa shape index (κ2) is 60.7. The number of carbonyl (C=O) groups excluding carboxylic acids is 3. The van der Waals surface area contributed by atoms with E-state index in [4.69, 9.17) is 23.7 Å². The van der Waals surface area contributed by atoms with Crippen LogP contribution in [0.15, 0.2) is 60.8 Å². The second-order valence-corrected chi connectivity index (χ2v) is 24.1. The van der Waals surface area contributed by atoms with E-state index in [1.165, 1.54) is 148 Å². The molecule has 0 aromatic heterocycles. The van der Waals surface area contributed by atoms with Gasteiger partial charge in [-0.1, -0.05) is 287 Å². The Morgan fingerprint density at radius 3 is 1.14 bits per heavy atom. The van der Waals surface area contributed by atoms with E-state index in [0.29, 0.717) is 19.3 Å². The molecule has 0 saturated carbocycles. The molecule has 6 atom stereocenters. The molecule has 1 saturated heterocycles. The fourth-order valence-corrected chi connectivity index (χ4v) is 10.7. The fraction of sp³-hybridized carbons (Fsp3) is 0.808. The molecule has 0 aromatic rings. The van der Waals surface area contributed by atoms with Crippen LogP contribution in [0.25, 0.3) is 0 Å².